The lowest BCUT2D eigenvalue weighted by atomic mass is 9.92. The zero-order valence-electron chi connectivity index (χ0n) is 22.7. The van der Waals surface area contributed by atoms with Gasteiger partial charge in [0.1, 0.15) is 6.04 Å². The molecule has 0 spiro atoms. The Bertz CT molecular complexity index is 1410. The van der Waals surface area contributed by atoms with Crippen LogP contribution in [0.5, 0.6) is 0 Å². The zero-order chi connectivity index (χ0) is 27.2. The summed E-state index contributed by atoms with van der Waals surface area (Å²) >= 11 is 0. The van der Waals surface area contributed by atoms with Gasteiger partial charge in [-0.3, -0.25) is 14.5 Å². The molecular weight excluding hydrogens is 486 g/mol. The van der Waals surface area contributed by atoms with Crippen LogP contribution in [0.3, 0.4) is 0 Å². The number of amides is 2. The Kier molecular flexibility index (Phi) is 8.27. The Hall–Kier alpha value is -4.10. The van der Waals surface area contributed by atoms with Crippen molar-refractivity contribution < 1.29 is 9.59 Å². The number of fused-ring (bicyclic) bond motifs is 1. The van der Waals surface area contributed by atoms with Gasteiger partial charge < -0.3 is 20.5 Å². The number of nitrogens with zero attached hydrogens (tertiary/aromatic N) is 2. The van der Waals surface area contributed by atoms with Crippen molar-refractivity contribution >= 4 is 28.4 Å². The lowest BCUT2D eigenvalue weighted by Crippen LogP contribution is -2.54. The molecule has 3 aromatic carbocycles. The first-order chi connectivity index (χ1) is 19.0. The van der Waals surface area contributed by atoms with Crippen molar-refractivity contribution in [1.82, 2.24) is 20.5 Å². The maximum Gasteiger partial charge on any atom is 0.243 e. The molecule has 0 saturated carbocycles. The number of aromatic amines is 1. The number of anilines is 1. The third kappa shape index (κ3) is 6.32. The number of rotatable bonds is 9. The smallest absolute Gasteiger partial charge is 0.243 e. The maximum absolute atomic E-state index is 13.6. The number of hydrogen-bond acceptors (Lipinski definition) is 4. The molecule has 1 aliphatic rings. The summed E-state index contributed by atoms with van der Waals surface area (Å²) in [5.41, 5.74) is 5.42. The van der Waals surface area contributed by atoms with Gasteiger partial charge in [-0.15, -0.1) is 0 Å². The molecule has 202 valence electrons. The fraction of sp³-hybridized carbons (Fsp3) is 0.312. The molecule has 5 rings (SSSR count). The van der Waals surface area contributed by atoms with Crippen molar-refractivity contribution in [3.05, 3.63) is 102 Å². The minimum atomic E-state index is -0.702. The third-order valence-corrected chi connectivity index (χ3v) is 7.79. The minimum absolute atomic E-state index is 0.133. The first-order valence-corrected chi connectivity index (χ1v) is 13.7. The van der Waals surface area contributed by atoms with Crippen molar-refractivity contribution in [2.45, 2.75) is 32.4 Å². The fourth-order valence-corrected chi connectivity index (χ4v) is 5.39. The molecule has 0 radical (unpaired) electrons. The number of para-hydroxylation sites is 2. The predicted octanol–water partition coefficient (Wildman–Crippen LogP) is 4.20. The van der Waals surface area contributed by atoms with E-state index in [-0.39, 0.29) is 24.3 Å². The van der Waals surface area contributed by atoms with Crippen LogP contribution in [0.15, 0.2) is 85.1 Å². The van der Waals surface area contributed by atoms with Gasteiger partial charge in [-0.25, -0.2) is 0 Å². The summed E-state index contributed by atoms with van der Waals surface area (Å²) in [5.74, 6) is -0.541. The van der Waals surface area contributed by atoms with Crippen LogP contribution in [0.1, 0.15) is 29.5 Å². The number of aromatic nitrogens is 1. The number of carbonyl (C=O) groups excluding carboxylic acids is 2. The first-order valence-electron chi connectivity index (χ1n) is 13.7. The molecule has 1 aliphatic heterocycles. The van der Waals surface area contributed by atoms with Gasteiger partial charge in [0.25, 0.3) is 0 Å². The number of benzene rings is 3. The molecule has 2 atom stereocenters. The molecule has 2 heterocycles. The average Bonchev–Trinajstić information content (AvgIpc) is 3.40. The Labute approximate surface area is 230 Å². The van der Waals surface area contributed by atoms with Crippen molar-refractivity contribution in [3.63, 3.8) is 0 Å². The first kappa shape index (κ1) is 26.5. The molecule has 2 amide bonds. The zero-order valence-corrected chi connectivity index (χ0v) is 22.7. The standard InChI is InChI=1S/C32H37N5O2/c1-23-10-6-7-11-25(23)20-34-32(39)31(24(2)28-21-33-29-15-9-8-14-27(28)29)35-30(38)22-36-16-18-37(19-17-36)26-12-4-3-5-13-26/h3-15,21,24,31,33H,16-20,22H2,1-2H3,(H,34,39)(H,35,38). The number of carbonyl (C=O) groups is 2. The van der Waals surface area contributed by atoms with Crippen LogP contribution < -0.4 is 15.5 Å². The van der Waals surface area contributed by atoms with E-state index >= 15 is 0 Å². The second-order valence-electron chi connectivity index (χ2n) is 10.4. The summed E-state index contributed by atoms with van der Waals surface area (Å²) in [7, 11) is 0. The van der Waals surface area contributed by atoms with Crippen LogP contribution >= 0.6 is 0 Å². The van der Waals surface area contributed by atoms with Gasteiger partial charge in [0, 0.05) is 61.4 Å². The molecule has 1 saturated heterocycles. The van der Waals surface area contributed by atoms with E-state index in [1.165, 1.54) is 5.69 Å². The normalized spacial score (nSPS) is 15.6. The second-order valence-corrected chi connectivity index (χ2v) is 10.4. The van der Waals surface area contributed by atoms with Gasteiger partial charge in [-0.2, -0.15) is 0 Å². The fourth-order valence-electron chi connectivity index (χ4n) is 5.39. The van der Waals surface area contributed by atoms with Crippen molar-refractivity contribution in [2.75, 3.05) is 37.6 Å². The maximum atomic E-state index is 13.6. The highest BCUT2D eigenvalue weighted by Crippen LogP contribution is 2.28. The summed E-state index contributed by atoms with van der Waals surface area (Å²) in [6.07, 6.45) is 1.95. The summed E-state index contributed by atoms with van der Waals surface area (Å²) < 4.78 is 0. The quantitative estimate of drug-likeness (QED) is 0.307. The van der Waals surface area contributed by atoms with Crippen LogP contribution in [0.25, 0.3) is 10.9 Å². The van der Waals surface area contributed by atoms with Crippen LogP contribution in [-0.4, -0.2) is 60.5 Å². The molecule has 7 heteroatoms. The summed E-state index contributed by atoms with van der Waals surface area (Å²) in [6.45, 7) is 8.05. The van der Waals surface area contributed by atoms with E-state index in [1.807, 2.05) is 86.8 Å². The van der Waals surface area contributed by atoms with Crippen LogP contribution in [-0.2, 0) is 16.1 Å². The molecule has 2 unspecified atom stereocenters. The minimum Gasteiger partial charge on any atom is -0.369 e. The highest BCUT2D eigenvalue weighted by atomic mass is 16.2. The summed E-state index contributed by atoms with van der Waals surface area (Å²) in [5, 5.41) is 7.23. The molecule has 7 nitrogen and oxygen atoms in total. The molecule has 1 aromatic heterocycles. The number of piperazine rings is 1. The topological polar surface area (TPSA) is 80.5 Å². The highest BCUT2D eigenvalue weighted by molar-refractivity contribution is 5.91. The largest absolute Gasteiger partial charge is 0.369 e. The molecule has 1 fully saturated rings. The molecule has 39 heavy (non-hydrogen) atoms. The van der Waals surface area contributed by atoms with Crippen molar-refractivity contribution in [3.8, 4) is 0 Å². The van der Waals surface area contributed by atoms with Gasteiger partial charge in [0.2, 0.25) is 11.8 Å². The average molecular weight is 524 g/mol. The second kappa shape index (κ2) is 12.2. The Morgan fingerprint density at radius 2 is 1.59 bits per heavy atom. The monoisotopic (exact) mass is 523 g/mol. The predicted molar refractivity (Wildman–Crippen MR) is 157 cm³/mol. The molecule has 0 aliphatic carbocycles. The lowest BCUT2D eigenvalue weighted by Gasteiger charge is -2.36. The van der Waals surface area contributed by atoms with E-state index in [2.05, 4.69) is 37.6 Å². The van der Waals surface area contributed by atoms with E-state index in [0.29, 0.717) is 6.54 Å². The van der Waals surface area contributed by atoms with Gasteiger partial charge in [0.05, 0.1) is 6.54 Å². The third-order valence-electron chi connectivity index (χ3n) is 7.79. The molecule has 3 N–H and O–H groups in total. The van der Waals surface area contributed by atoms with E-state index in [1.54, 1.807) is 0 Å². The van der Waals surface area contributed by atoms with E-state index in [0.717, 1.165) is 53.8 Å². The lowest BCUT2D eigenvalue weighted by molar-refractivity contribution is -0.130. The summed E-state index contributed by atoms with van der Waals surface area (Å²) in [6, 6.07) is 25.7. The van der Waals surface area contributed by atoms with Gasteiger partial charge in [-0.05, 0) is 41.8 Å². The van der Waals surface area contributed by atoms with Crippen LogP contribution in [0, 0.1) is 6.92 Å². The van der Waals surface area contributed by atoms with Gasteiger partial charge in [0.15, 0.2) is 0 Å². The molecular formula is C32H37N5O2. The van der Waals surface area contributed by atoms with E-state index < -0.39 is 6.04 Å². The molecule has 0 bridgehead atoms. The van der Waals surface area contributed by atoms with Gasteiger partial charge in [-0.1, -0.05) is 67.6 Å². The highest BCUT2D eigenvalue weighted by Gasteiger charge is 2.30. The number of hydrogen-bond donors (Lipinski definition) is 3. The number of aryl methyl sites for hydroxylation is 1. The Morgan fingerprint density at radius 3 is 2.36 bits per heavy atom. The van der Waals surface area contributed by atoms with E-state index in [4.69, 9.17) is 0 Å². The van der Waals surface area contributed by atoms with E-state index in [9.17, 15) is 9.59 Å². The Balaban J connectivity index is 1.26. The van der Waals surface area contributed by atoms with Crippen LogP contribution in [0.2, 0.25) is 0 Å². The molecule has 4 aromatic rings. The number of H-pyrrole nitrogens is 1. The summed E-state index contributed by atoms with van der Waals surface area (Å²) in [4.78, 5) is 34.7. The van der Waals surface area contributed by atoms with Crippen molar-refractivity contribution in [1.29, 1.82) is 0 Å². The van der Waals surface area contributed by atoms with Gasteiger partial charge >= 0.3 is 0 Å². The Morgan fingerprint density at radius 1 is 0.897 bits per heavy atom. The number of nitrogens with one attached hydrogen (secondary N) is 3. The van der Waals surface area contributed by atoms with Crippen LogP contribution in [0.4, 0.5) is 5.69 Å². The van der Waals surface area contributed by atoms with Crippen molar-refractivity contribution in [2.24, 2.45) is 0 Å². The SMILES string of the molecule is Cc1ccccc1CNC(=O)C(NC(=O)CN1CCN(c2ccccc2)CC1)C(C)c1c[nH]c2ccccc12.